The Kier molecular flexibility index (Phi) is 2.73. The maximum Gasteiger partial charge on any atom is 0.0449 e. The minimum absolute atomic E-state index is 0.771. The van der Waals surface area contributed by atoms with E-state index in [9.17, 15) is 0 Å². The second kappa shape index (κ2) is 4.05. The second-order valence-electron chi connectivity index (χ2n) is 4.08. The van der Waals surface area contributed by atoms with Gasteiger partial charge in [0.05, 0.1) is 0 Å². The summed E-state index contributed by atoms with van der Waals surface area (Å²) in [5, 5.41) is 2.16. The number of rotatable bonds is 2. The summed E-state index contributed by atoms with van der Waals surface area (Å²) >= 11 is 0. The molecule has 0 saturated heterocycles. The summed E-state index contributed by atoms with van der Waals surface area (Å²) in [7, 11) is 0. The maximum absolute atomic E-state index is 6.23. The first-order valence-electron chi connectivity index (χ1n) is 5.77. The first-order valence-corrected chi connectivity index (χ1v) is 5.77. The van der Waals surface area contributed by atoms with Crippen molar-refractivity contribution in [3.05, 3.63) is 35.4 Å². The largest absolute Gasteiger partial charge is 0.398 e. The van der Waals surface area contributed by atoms with Crippen molar-refractivity contribution in [2.24, 2.45) is 0 Å². The van der Waals surface area contributed by atoms with Crippen LogP contribution in [0.25, 0.3) is 10.8 Å². The molecule has 0 saturated carbocycles. The molecule has 0 aliphatic rings. The van der Waals surface area contributed by atoms with Crippen LogP contribution in [-0.4, -0.2) is 0 Å². The molecule has 0 aromatic heterocycles. The molecule has 16 heavy (non-hydrogen) atoms. The number of nitrogen functional groups attached to an aromatic ring is 2. The number of fused-ring (bicyclic) bond motifs is 1. The van der Waals surface area contributed by atoms with E-state index in [1.165, 1.54) is 11.1 Å². The Morgan fingerprint density at radius 1 is 1.06 bits per heavy atom. The molecule has 0 unspecified atom stereocenters. The Labute approximate surface area is 96.3 Å². The van der Waals surface area contributed by atoms with Crippen LogP contribution in [-0.2, 0) is 12.8 Å². The zero-order chi connectivity index (χ0) is 11.7. The predicted molar refractivity (Wildman–Crippen MR) is 71.5 cm³/mol. The highest BCUT2D eigenvalue weighted by molar-refractivity contribution is 6.03. The number of hydrogen-bond acceptors (Lipinski definition) is 2. The van der Waals surface area contributed by atoms with Gasteiger partial charge in [-0.3, -0.25) is 0 Å². The molecule has 4 N–H and O–H groups in total. The molecule has 0 heterocycles. The van der Waals surface area contributed by atoms with Crippen molar-refractivity contribution in [1.29, 1.82) is 0 Å². The van der Waals surface area contributed by atoms with Gasteiger partial charge in [0.1, 0.15) is 0 Å². The highest BCUT2D eigenvalue weighted by atomic mass is 14.6. The van der Waals surface area contributed by atoms with Crippen molar-refractivity contribution in [1.82, 2.24) is 0 Å². The molecule has 2 aromatic carbocycles. The quantitative estimate of drug-likeness (QED) is 0.755. The molecule has 0 aliphatic heterocycles. The average molecular weight is 214 g/mol. The Bertz CT molecular complexity index is 530. The zero-order valence-electron chi connectivity index (χ0n) is 9.88. The Hall–Kier alpha value is -1.70. The van der Waals surface area contributed by atoms with E-state index in [-0.39, 0.29) is 0 Å². The lowest BCUT2D eigenvalue weighted by atomic mass is 9.94. The molecule has 0 atom stereocenters. The monoisotopic (exact) mass is 214 g/mol. The summed E-state index contributed by atoms with van der Waals surface area (Å²) in [6, 6.07) is 8.16. The summed E-state index contributed by atoms with van der Waals surface area (Å²) in [4.78, 5) is 0. The van der Waals surface area contributed by atoms with E-state index in [1.807, 2.05) is 12.1 Å². The lowest BCUT2D eigenvalue weighted by molar-refractivity contribution is 1.05. The van der Waals surface area contributed by atoms with Crippen LogP contribution in [0.3, 0.4) is 0 Å². The van der Waals surface area contributed by atoms with Gasteiger partial charge in [-0.25, -0.2) is 0 Å². The van der Waals surface area contributed by atoms with E-state index < -0.39 is 0 Å². The minimum atomic E-state index is 0.771. The van der Waals surface area contributed by atoms with E-state index in [4.69, 9.17) is 11.5 Å². The van der Waals surface area contributed by atoms with Crippen molar-refractivity contribution < 1.29 is 0 Å². The number of nitrogens with two attached hydrogens (primary N) is 2. The third-order valence-electron chi connectivity index (χ3n) is 3.18. The number of anilines is 2. The van der Waals surface area contributed by atoms with Crippen LogP contribution >= 0.6 is 0 Å². The SMILES string of the molecule is CCc1cc2cccc(N)c2c(N)c1CC. The normalized spacial score (nSPS) is 10.9. The van der Waals surface area contributed by atoms with Gasteiger partial charge in [0.2, 0.25) is 0 Å². The molecule has 2 nitrogen and oxygen atoms in total. The summed E-state index contributed by atoms with van der Waals surface area (Å²) < 4.78 is 0. The number of benzene rings is 2. The average Bonchev–Trinajstić information content (AvgIpc) is 2.28. The fourth-order valence-electron chi connectivity index (χ4n) is 2.35. The number of aryl methyl sites for hydroxylation is 1. The third kappa shape index (κ3) is 1.51. The third-order valence-corrected chi connectivity index (χ3v) is 3.18. The standard InChI is InChI=1S/C14H18N2/c1-3-9-8-10-6-5-7-12(15)13(10)14(16)11(9)4-2/h5-8H,3-4,15-16H2,1-2H3. The lowest BCUT2D eigenvalue weighted by Gasteiger charge is -2.14. The van der Waals surface area contributed by atoms with Gasteiger partial charge in [0.15, 0.2) is 0 Å². The van der Waals surface area contributed by atoms with Gasteiger partial charge in [-0.2, -0.15) is 0 Å². The van der Waals surface area contributed by atoms with Crippen molar-refractivity contribution in [2.45, 2.75) is 26.7 Å². The van der Waals surface area contributed by atoms with Gasteiger partial charge in [0.25, 0.3) is 0 Å². The van der Waals surface area contributed by atoms with Crippen LogP contribution in [0.2, 0.25) is 0 Å². The molecule has 0 bridgehead atoms. The fourth-order valence-corrected chi connectivity index (χ4v) is 2.35. The van der Waals surface area contributed by atoms with Crippen LogP contribution in [0.5, 0.6) is 0 Å². The van der Waals surface area contributed by atoms with Crippen LogP contribution < -0.4 is 11.5 Å². The van der Waals surface area contributed by atoms with Crippen molar-refractivity contribution >= 4 is 22.1 Å². The van der Waals surface area contributed by atoms with Crippen molar-refractivity contribution in [2.75, 3.05) is 11.5 Å². The van der Waals surface area contributed by atoms with Crippen LogP contribution in [0.15, 0.2) is 24.3 Å². The Balaban J connectivity index is 2.88. The minimum Gasteiger partial charge on any atom is -0.398 e. The smallest absolute Gasteiger partial charge is 0.0449 e. The lowest BCUT2D eigenvalue weighted by Crippen LogP contribution is -2.01. The molecule has 2 aromatic rings. The van der Waals surface area contributed by atoms with E-state index in [0.717, 1.165) is 35.0 Å². The van der Waals surface area contributed by atoms with Gasteiger partial charge in [-0.15, -0.1) is 0 Å². The first-order chi connectivity index (χ1) is 7.69. The fraction of sp³-hybridized carbons (Fsp3) is 0.286. The molecule has 2 rings (SSSR count). The predicted octanol–water partition coefficient (Wildman–Crippen LogP) is 3.13. The van der Waals surface area contributed by atoms with Gasteiger partial charge in [0, 0.05) is 16.8 Å². The summed E-state index contributed by atoms with van der Waals surface area (Å²) in [5.74, 6) is 0. The zero-order valence-corrected chi connectivity index (χ0v) is 9.88. The molecule has 0 spiro atoms. The second-order valence-corrected chi connectivity index (χ2v) is 4.08. The summed E-state index contributed by atoms with van der Waals surface area (Å²) in [6.45, 7) is 4.29. The number of hydrogen-bond donors (Lipinski definition) is 2. The molecule has 0 fully saturated rings. The highest BCUT2D eigenvalue weighted by Gasteiger charge is 2.10. The Morgan fingerprint density at radius 3 is 2.44 bits per heavy atom. The van der Waals surface area contributed by atoms with Crippen LogP contribution in [0.4, 0.5) is 11.4 Å². The molecular formula is C14H18N2. The van der Waals surface area contributed by atoms with E-state index in [1.54, 1.807) is 0 Å². The highest BCUT2D eigenvalue weighted by Crippen LogP contribution is 2.32. The topological polar surface area (TPSA) is 52.0 Å². The van der Waals surface area contributed by atoms with Gasteiger partial charge in [-0.05, 0) is 35.4 Å². The van der Waals surface area contributed by atoms with Crippen LogP contribution in [0.1, 0.15) is 25.0 Å². The summed E-state index contributed by atoms with van der Waals surface area (Å²) in [5.41, 5.74) is 16.4. The van der Waals surface area contributed by atoms with E-state index in [2.05, 4.69) is 26.0 Å². The molecule has 0 aliphatic carbocycles. The van der Waals surface area contributed by atoms with Crippen molar-refractivity contribution in [3.8, 4) is 0 Å². The van der Waals surface area contributed by atoms with Crippen molar-refractivity contribution in [3.63, 3.8) is 0 Å². The molecule has 84 valence electrons. The molecule has 0 amide bonds. The van der Waals surface area contributed by atoms with Gasteiger partial charge in [-0.1, -0.05) is 32.0 Å². The van der Waals surface area contributed by atoms with E-state index in [0.29, 0.717) is 0 Å². The van der Waals surface area contributed by atoms with E-state index >= 15 is 0 Å². The molecule has 0 radical (unpaired) electrons. The molecule has 2 heteroatoms. The van der Waals surface area contributed by atoms with Gasteiger partial charge < -0.3 is 11.5 Å². The maximum atomic E-state index is 6.23. The molecular weight excluding hydrogens is 196 g/mol. The first kappa shape index (κ1) is 10.8. The van der Waals surface area contributed by atoms with Gasteiger partial charge >= 0.3 is 0 Å². The Morgan fingerprint density at radius 2 is 1.81 bits per heavy atom. The summed E-state index contributed by atoms with van der Waals surface area (Å²) in [6.07, 6.45) is 1.97. The van der Waals surface area contributed by atoms with Crippen LogP contribution in [0, 0.1) is 0 Å².